The van der Waals surface area contributed by atoms with Crippen LogP contribution in [0.3, 0.4) is 0 Å². The first-order valence-electron chi connectivity index (χ1n) is 9.77. The Morgan fingerprint density at radius 2 is 1.93 bits per heavy atom. The highest BCUT2D eigenvalue weighted by Gasteiger charge is 2.42. The first-order chi connectivity index (χ1) is 13.0. The molecule has 1 saturated carbocycles. The third kappa shape index (κ3) is 4.79. The second kappa shape index (κ2) is 8.73. The van der Waals surface area contributed by atoms with Gasteiger partial charge in [-0.2, -0.15) is 0 Å². The first kappa shape index (κ1) is 19.7. The van der Waals surface area contributed by atoms with Crippen LogP contribution < -0.4 is 4.74 Å². The molecule has 2 aromatic carbocycles. The molecule has 0 amide bonds. The summed E-state index contributed by atoms with van der Waals surface area (Å²) in [5.41, 5.74) is 2.57. The summed E-state index contributed by atoms with van der Waals surface area (Å²) >= 11 is 0. The van der Waals surface area contributed by atoms with Gasteiger partial charge in [0, 0.05) is 18.9 Å². The average molecular weight is 366 g/mol. The highest BCUT2D eigenvalue weighted by molar-refractivity contribution is 5.56. The zero-order valence-corrected chi connectivity index (χ0v) is 16.7. The number of aliphatic hydroxyl groups is 1. The predicted octanol–water partition coefficient (Wildman–Crippen LogP) is 4.41. The number of hydrogen-bond donors (Lipinski definition) is 1. The number of benzene rings is 2. The fraction of sp³-hybridized carbons (Fsp3) is 0.417. The molecule has 0 spiro atoms. The van der Waals surface area contributed by atoms with Crippen molar-refractivity contribution in [3.05, 3.63) is 71.3 Å². The van der Waals surface area contributed by atoms with Crippen molar-refractivity contribution in [2.75, 3.05) is 27.7 Å². The van der Waals surface area contributed by atoms with Crippen LogP contribution in [0.2, 0.25) is 0 Å². The summed E-state index contributed by atoms with van der Waals surface area (Å²) in [5.74, 6) is 1.05. The van der Waals surface area contributed by atoms with Gasteiger partial charge in [-0.25, -0.2) is 0 Å². The summed E-state index contributed by atoms with van der Waals surface area (Å²) < 4.78 is 5.39. The second-order valence-corrected chi connectivity index (χ2v) is 7.88. The molecule has 27 heavy (non-hydrogen) atoms. The van der Waals surface area contributed by atoms with Crippen molar-refractivity contribution < 1.29 is 9.84 Å². The number of ether oxygens (including phenoxy) is 1. The Labute approximate surface area is 163 Å². The molecule has 2 aromatic rings. The van der Waals surface area contributed by atoms with Crippen LogP contribution in [0, 0.1) is 5.92 Å². The number of hydrogen-bond acceptors (Lipinski definition) is 3. The van der Waals surface area contributed by atoms with E-state index >= 15 is 0 Å². The largest absolute Gasteiger partial charge is 0.497 e. The molecule has 1 N–H and O–H groups in total. The quantitative estimate of drug-likeness (QED) is 0.823. The van der Waals surface area contributed by atoms with Gasteiger partial charge in [0.05, 0.1) is 12.7 Å². The Kier molecular flexibility index (Phi) is 6.35. The van der Waals surface area contributed by atoms with Gasteiger partial charge in [-0.1, -0.05) is 48.5 Å². The maximum absolute atomic E-state index is 12.0. The van der Waals surface area contributed by atoms with E-state index in [0.29, 0.717) is 6.42 Å². The minimum Gasteiger partial charge on any atom is -0.497 e. The van der Waals surface area contributed by atoms with E-state index in [0.717, 1.165) is 48.3 Å². The highest BCUT2D eigenvalue weighted by Crippen LogP contribution is 2.42. The lowest BCUT2D eigenvalue weighted by Crippen LogP contribution is -2.48. The van der Waals surface area contributed by atoms with E-state index in [1.165, 1.54) is 0 Å². The van der Waals surface area contributed by atoms with Gasteiger partial charge >= 0.3 is 0 Å². The summed E-state index contributed by atoms with van der Waals surface area (Å²) in [6.07, 6.45) is 5.92. The molecule has 0 aliphatic heterocycles. The second-order valence-electron chi connectivity index (χ2n) is 7.88. The third-order valence-electron chi connectivity index (χ3n) is 5.56. The molecule has 2 atom stereocenters. The molecule has 0 bridgehead atoms. The van der Waals surface area contributed by atoms with Crippen molar-refractivity contribution >= 4 is 6.08 Å². The van der Waals surface area contributed by atoms with Crippen LogP contribution in [0.15, 0.2) is 60.2 Å². The fourth-order valence-corrected chi connectivity index (χ4v) is 4.24. The lowest BCUT2D eigenvalue weighted by Gasteiger charge is -2.43. The van der Waals surface area contributed by atoms with Crippen molar-refractivity contribution in [1.29, 1.82) is 0 Å². The van der Waals surface area contributed by atoms with Gasteiger partial charge in [-0.3, -0.25) is 0 Å². The molecule has 2 unspecified atom stereocenters. The normalized spacial score (nSPS) is 24.3. The molecular weight excluding hydrogens is 334 g/mol. The van der Waals surface area contributed by atoms with Crippen LogP contribution in [0.1, 0.15) is 30.4 Å². The van der Waals surface area contributed by atoms with Crippen molar-refractivity contribution in [3.63, 3.8) is 0 Å². The maximum atomic E-state index is 12.0. The van der Waals surface area contributed by atoms with Gasteiger partial charge in [-0.05, 0) is 62.2 Å². The summed E-state index contributed by atoms with van der Waals surface area (Å²) in [6.45, 7) is 0.882. The summed E-state index contributed by atoms with van der Waals surface area (Å²) in [4.78, 5) is 2.19. The monoisotopic (exact) mass is 365 g/mol. The van der Waals surface area contributed by atoms with E-state index < -0.39 is 5.60 Å². The molecule has 0 saturated heterocycles. The van der Waals surface area contributed by atoms with E-state index in [1.54, 1.807) is 7.11 Å². The fourth-order valence-electron chi connectivity index (χ4n) is 4.24. The Bertz CT molecular complexity index is 769. The van der Waals surface area contributed by atoms with Crippen LogP contribution in [0.4, 0.5) is 0 Å². The minimum absolute atomic E-state index is 0.211. The van der Waals surface area contributed by atoms with Crippen LogP contribution in [0.25, 0.3) is 6.08 Å². The Balaban J connectivity index is 1.98. The SMILES string of the molecule is COc1cccc(CC2(O)/C(=C/c3ccccc3)CCCC2CN(C)C)c1. The molecule has 0 aromatic heterocycles. The Morgan fingerprint density at radius 1 is 1.15 bits per heavy atom. The van der Waals surface area contributed by atoms with Crippen LogP contribution >= 0.6 is 0 Å². The molecule has 144 valence electrons. The number of methoxy groups -OCH3 is 1. The zero-order valence-electron chi connectivity index (χ0n) is 16.7. The summed E-state index contributed by atoms with van der Waals surface area (Å²) in [6, 6.07) is 18.4. The van der Waals surface area contributed by atoms with E-state index in [9.17, 15) is 5.11 Å². The molecule has 0 radical (unpaired) electrons. The van der Waals surface area contributed by atoms with Crippen LogP contribution in [-0.4, -0.2) is 43.4 Å². The Morgan fingerprint density at radius 3 is 2.63 bits per heavy atom. The topological polar surface area (TPSA) is 32.7 Å². The first-order valence-corrected chi connectivity index (χ1v) is 9.77. The van der Waals surface area contributed by atoms with Gasteiger partial charge in [-0.15, -0.1) is 0 Å². The predicted molar refractivity (Wildman–Crippen MR) is 112 cm³/mol. The molecule has 3 nitrogen and oxygen atoms in total. The van der Waals surface area contributed by atoms with Crippen LogP contribution in [0.5, 0.6) is 5.75 Å². The summed E-state index contributed by atoms with van der Waals surface area (Å²) in [5, 5.41) is 12.0. The van der Waals surface area contributed by atoms with Gasteiger partial charge in [0.15, 0.2) is 0 Å². The molecule has 3 heteroatoms. The Hall–Kier alpha value is -2.10. The standard InChI is InChI=1S/C24H31NO2/c1-25(2)18-22-13-8-12-21(15-19-9-5-4-6-10-19)24(22,26)17-20-11-7-14-23(16-20)27-3/h4-7,9-11,14-16,22,26H,8,12-13,17-18H2,1-3H3/b21-15+. The van der Waals surface area contributed by atoms with Crippen molar-refractivity contribution in [1.82, 2.24) is 4.90 Å². The van der Waals surface area contributed by atoms with Gasteiger partial charge < -0.3 is 14.7 Å². The smallest absolute Gasteiger partial charge is 0.119 e. The number of nitrogens with zero attached hydrogens (tertiary/aromatic N) is 1. The lowest BCUT2D eigenvalue weighted by atomic mass is 9.68. The lowest BCUT2D eigenvalue weighted by molar-refractivity contribution is -0.0123. The molecule has 1 fully saturated rings. The molecule has 3 rings (SSSR count). The summed E-state index contributed by atoms with van der Waals surface area (Å²) in [7, 11) is 5.85. The average Bonchev–Trinajstić information content (AvgIpc) is 2.66. The van der Waals surface area contributed by atoms with Crippen molar-refractivity contribution in [2.45, 2.75) is 31.3 Å². The molecule has 1 aliphatic rings. The maximum Gasteiger partial charge on any atom is 0.119 e. The zero-order chi connectivity index (χ0) is 19.3. The van der Waals surface area contributed by atoms with Gasteiger partial charge in [0.25, 0.3) is 0 Å². The minimum atomic E-state index is -0.843. The van der Waals surface area contributed by atoms with Crippen LogP contribution in [-0.2, 0) is 6.42 Å². The highest BCUT2D eigenvalue weighted by atomic mass is 16.5. The molecule has 1 aliphatic carbocycles. The van der Waals surface area contributed by atoms with Gasteiger partial charge in [0.2, 0.25) is 0 Å². The third-order valence-corrected chi connectivity index (χ3v) is 5.56. The van der Waals surface area contributed by atoms with E-state index in [1.807, 2.05) is 36.4 Å². The van der Waals surface area contributed by atoms with Crippen molar-refractivity contribution in [3.8, 4) is 5.75 Å². The van der Waals surface area contributed by atoms with E-state index in [2.05, 4.69) is 43.3 Å². The van der Waals surface area contributed by atoms with E-state index in [4.69, 9.17) is 4.74 Å². The number of rotatable bonds is 6. The van der Waals surface area contributed by atoms with Crippen molar-refractivity contribution in [2.24, 2.45) is 5.92 Å². The molecular formula is C24H31NO2. The molecule has 0 heterocycles. The van der Waals surface area contributed by atoms with Gasteiger partial charge in [0.1, 0.15) is 5.75 Å². The van der Waals surface area contributed by atoms with E-state index in [-0.39, 0.29) is 5.92 Å².